The molecule has 136 valence electrons. The van der Waals surface area contributed by atoms with Crippen molar-refractivity contribution >= 4 is 17.4 Å². The minimum atomic E-state index is -2.87. The van der Waals surface area contributed by atoms with Crippen molar-refractivity contribution in [2.75, 3.05) is 0 Å². The average Bonchev–Trinajstić information content (AvgIpc) is 2.56. The molecule has 0 fully saturated rings. The first-order valence-electron chi connectivity index (χ1n) is 7.50. The number of hydrogen-bond acceptors (Lipinski definition) is 4. The Labute approximate surface area is 147 Å². The molecule has 0 bridgehead atoms. The summed E-state index contributed by atoms with van der Waals surface area (Å²) >= 11 is 0. The van der Waals surface area contributed by atoms with Crippen molar-refractivity contribution in [3.8, 4) is 17.0 Å². The van der Waals surface area contributed by atoms with Crippen LogP contribution < -0.4 is 10.3 Å². The van der Waals surface area contributed by atoms with Crippen LogP contribution in [0.5, 0.6) is 5.75 Å². The van der Waals surface area contributed by atoms with E-state index in [9.17, 15) is 13.6 Å². The molecule has 26 heavy (non-hydrogen) atoms. The highest BCUT2D eigenvalue weighted by Gasteiger charge is 2.12. The fraction of sp³-hybridized carbons (Fsp3) is 0.167. The van der Waals surface area contributed by atoms with Gasteiger partial charge in [0.25, 0.3) is 12.0 Å². The maximum Gasteiger partial charge on any atom is 0.387 e. The fourth-order valence-electron chi connectivity index (χ4n) is 2.56. The van der Waals surface area contributed by atoms with Crippen LogP contribution in [-0.2, 0) is 4.79 Å². The van der Waals surface area contributed by atoms with Gasteiger partial charge in [-0.15, -0.1) is 0 Å². The largest absolute Gasteiger partial charge is 0.483 e. The molecule has 0 aliphatic carbocycles. The quantitative estimate of drug-likeness (QED) is 0.696. The Morgan fingerprint density at radius 2 is 1.92 bits per heavy atom. The number of benzene rings is 1. The van der Waals surface area contributed by atoms with Gasteiger partial charge in [0.2, 0.25) is 0 Å². The van der Waals surface area contributed by atoms with Crippen molar-refractivity contribution in [2.24, 2.45) is 0 Å². The standard InChI is InChI=1S/C17H14F2N2O2.CH2O2/c1-9-7-14(12-4-3-5-20-16(12)22)21-15-10(2)6-11(8-13(9)15)23-17(18)19;2-1-3/h3-8,17H,1-2H3,(H,20,22);1H,(H,2,3). The normalized spacial score (nSPS) is 10.3. The van der Waals surface area contributed by atoms with E-state index in [1.165, 1.54) is 12.1 Å². The first-order chi connectivity index (χ1) is 12.4. The number of rotatable bonds is 3. The van der Waals surface area contributed by atoms with Gasteiger partial charge in [-0.25, -0.2) is 4.98 Å². The summed E-state index contributed by atoms with van der Waals surface area (Å²) in [5.74, 6) is 0.0974. The predicted molar refractivity (Wildman–Crippen MR) is 92.6 cm³/mol. The van der Waals surface area contributed by atoms with E-state index in [0.717, 1.165) is 10.9 Å². The molecule has 2 N–H and O–H groups in total. The van der Waals surface area contributed by atoms with Crippen LogP contribution in [0.4, 0.5) is 8.78 Å². The van der Waals surface area contributed by atoms with Gasteiger partial charge in [-0.2, -0.15) is 8.78 Å². The zero-order valence-electron chi connectivity index (χ0n) is 14.0. The molecule has 3 rings (SSSR count). The molecule has 2 heterocycles. The monoisotopic (exact) mass is 362 g/mol. The van der Waals surface area contributed by atoms with Gasteiger partial charge in [0, 0.05) is 11.6 Å². The van der Waals surface area contributed by atoms with E-state index in [1.807, 2.05) is 6.92 Å². The number of carbonyl (C=O) groups is 1. The lowest BCUT2D eigenvalue weighted by atomic mass is 10.0. The Hall–Kier alpha value is -3.29. The number of fused-ring (bicyclic) bond motifs is 1. The minimum Gasteiger partial charge on any atom is -0.483 e. The Morgan fingerprint density at radius 1 is 1.23 bits per heavy atom. The number of ether oxygens (including phenoxy) is 1. The maximum atomic E-state index is 12.4. The van der Waals surface area contributed by atoms with Crippen LogP contribution in [0, 0.1) is 13.8 Å². The van der Waals surface area contributed by atoms with Crippen LogP contribution in [0.2, 0.25) is 0 Å². The van der Waals surface area contributed by atoms with Crippen LogP contribution in [0.25, 0.3) is 22.2 Å². The third-order valence-corrected chi connectivity index (χ3v) is 3.60. The maximum absolute atomic E-state index is 12.4. The predicted octanol–water partition coefficient (Wildman–Crippen LogP) is 3.51. The average molecular weight is 362 g/mol. The van der Waals surface area contributed by atoms with E-state index in [1.54, 1.807) is 31.3 Å². The molecule has 0 unspecified atom stereocenters. The van der Waals surface area contributed by atoms with E-state index in [0.29, 0.717) is 22.3 Å². The van der Waals surface area contributed by atoms with Crippen molar-refractivity contribution in [3.63, 3.8) is 0 Å². The highest BCUT2D eigenvalue weighted by Crippen LogP contribution is 2.29. The van der Waals surface area contributed by atoms with E-state index in [2.05, 4.69) is 14.7 Å². The molecular weight excluding hydrogens is 346 g/mol. The zero-order chi connectivity index (χ0) is 19.3. The van der Waals surface area contributed by atoms with Crippen LogP contribution >= 0.6 is 0 Å². The molecule has 0 radical (unpaired) electrons. The topological polar surface area (TPSA) is 92.3 Å². The summed E-state index contributed by atoms with van der Waals surface area (Å²) in [7, 11) is 0. The number of alkyl halides is 2. The summed E-state index contributed by atoms with van der Waals surface area (Å²) in [5, 5.41) is 7.61. The van der Waals surface area contributed by atoms with Gasteiger partial charge < -0.3 is 14.8 Å². The summed E-state index contributed by atoms with van der Waals surface area (Å²) in [6.07, 6.45) is 1.55. The van der Waals surface area contributed by atoms with Gasteiger partial charge in [0.15, 0.2) is 0 Å². The first-order valence-corrected chi connectivity index (χ1v) is 7.50. The van der Waals surface area contributed by atoms with Crippen molar-refractivity contribution < 1.29 is 23.4 Å². The molecule has 0 saturated heterocycles. The second-order valence-electron chi connectivity index (χ2n) is 5.36. The number of aromatic nitrogens is 2. The van der Waals surface area contributed by atoms with Gasteiger partial charge in [-0.1, -0.05) is 0 Å². The number of nitrogens with one attached hydrogen (secondary N) is 1. The lowest BCUT2D eigenvalue weighted by molar-refractivity contribution is -0.122. The third kappa shape index (κ3) is 4.21. The highest BCUT2D eigenvalue weighted by atomic mass is 19.3. The Bertz CT molecular complexity index is 987. The molecule has 2 aromatic heterocycles. The van der Waals surface area contributed by atoms with Crippen LogP contribution in [0.1, 0.15) is 11.1 Å². The van der Waals surface area contributed by atoms with Gasteiger partial charge in [-0.3, -0.25) is 9.59 Å². The number of H-pyrrole nitrogens is 1. The van der Waals surface area contributed by atoms with E-state index < -0.39 is 6.61 Å². The Kier molecular flexibility index (Phi) is 6.00. The van der Waals surface area contributed by atoms with E-state index in [-0.39, 0.29) is 17.8 Å². The molecule has 1 aromatic carbocycles. The van der Waals surface area contributed by atoms with Gasteiger partial charge in [0.1, 0.15) is 5.75 Å². The van der Waals surface area contributed by atoms with Crippen molar-refractivity contribution in [2.45, 2.75) is 20.5 Å². The number of aryl methyl sites for hydroxylation is 2. The fourth-order valence-corrected chi connectivity index (χ4v) is 2.56. The third-order valence-electron chi connectivity index (χ3n) is 3.60. The number of nitrogens with zero attached hydrogens (tertiary/aromatic N) is 1. The molecule has 0 aliphatic rings. The molecule has 8 heteroatoms. The van der Waals surface area contributed by atoms with Crippen LogP contribution in [0.15, 0.2) is 41.3 Å². The number of hydrogen-bond donors (Lipinski definition) is 2. The summed E-state index contributed by atoms with van der Waals surface area (Å²) in [5.41, 5.74) is 2.97. The first kappa shape index (κ1) is 19.0. The second-order valence-corrected chi connectivity index (χ2v) is 5.36. The smallest absolute Gasteiger partial charge is 0.387 e. The molecule has 3 aromatic rings. The van der Waals surface area contributed by atoms with Crippen LogP contribution in [-0.4, -0.2) is 28.2 Å². The van der Waals surface area contributed by atoms with E-state index >= 15 is 0 Å². The minimum absolute atomic E-state index is 0.0974. The zero-order valence-corrected chi connectivity index (χ0v) is 14.0. The number of halogens is 2. The van der Waals surface area contributed by atoms with Crippen molar-refractivity contribution in [3.05, 3.63) is 58.0 Å². The van der Waals surface area contributed by atoms with Crippen molar-refractivity contribution in [1.29, 1.82) is 0 Å². The Morgan fingerprint density at radius 3 is 2.54 bits per heavy atom. The summed E-state index contributed by atoms with van der Waals surface area (Å²) in [6, 6.07) is 8.23. The lowest BCUT2D eigenvalue weighted by Crippen LogP contribution is -2.08. The molecule has 0 spiro atoms. The summed E-state index contributed by atoms with van der Waals surface area (Å²) < 4.78 is 29.3. The number of aromatic amines is 1. The second kappa shape index (κ2) is 8.19. The highest BCUT2D eigenvalue weighted by molar-refractivity contribution is 5.88. The van der Waals surface area contributed by atoms with E-state index in [4.69, 9.17) is 9.90 Å². The van der Waals surface area contributed by atoms with Gasteiger partial charge in [0.05, 0.1) is 16.8 Å². The molecule has 0 atom stereocenters. The molecule has 0 saturated carbocycles. The lowest BCUT2D eigenvalue weighted by Gasteiger charge is -2.11. The van der Waals surface area contributed by atoms with Gasteiger partial charge in [-0.05, 0) is 55.3 Å². The Balaban J connectivity index is 0.000000758. The van der Waals surface area contributed by atoms with Gasteiger partial charge >= 0.3 is 6.61 Å². The molecule has 6 nitrogen and oxygen atoms in total. The molecular formula is C18H16F2N2O4. The van der Waals surface area contributed by atoms with Crippen molar-refractivity contribution in [1.82, 2.24) is 9.97 Å². The molecule has 0 aliphatic heterocycles. The SMILES string of the molecule is Cc1cc(-c2ccc[nH]c2=O)nc2c(C)cc(OC(F)F)cc12.O=CO. The molecule has 0 amide bonds. The van der Waals surface area contributed by atoms with Crippen LogP contribution in [0.3, 0.4) is 0 Å². The summed E-state index contributed by atoms with van der Waals surface area (Å²) in [6.45, 7) is 0.491. The summed E-state index contributed by atoms with van der Waals surface area (Å²) in [4.78, 5) is 27.4. The number of carboxylic acid groups (broad SMARTS) is 1. The number of pyridine rings is 2.